The van der Waals surface area contributed by atoms with E-state index in [1.165, 1.54) is 6.07 Å². The number of hydrogen-bond donors (Lipinski definition) is 2. The van der Waals surface area contributed by atoms with Gasteiger partial charge in [-0.3, -0.25) is 9.52 Å². The number of anilines is 1. The largest absolute Gasteiger partial charge is 0.350 e. The van der Waals surface area contributed by atoms with Crippen LogP contribution < -0.4 is 10.0 Å². The molecule has 0 fully saturated rings. The molecule has 0 aliphatic rings. The van der Waals surface area contributed by atoms with Crippen molar-refractivity contribution in [3.05, 3.63) is 59.5 Å². The summed E-state index contributed by atoms with van der Waals surface area (Å²) in [5.41, 5.74) is 0.567. The fourth-order valence-electron chi connectivity index (χ4n) is 2.46. The van der Waals surface area contributed by atoms with Gasteiger partial charge in [-0.2, -0.15) is 0 Å². The van der Waals surface area contributed by atoms with Gasteiger partial charge in [0.1, 0.15) is 4.21 Å². The zero-order valence-corrected chi connectivity index (χ0v) is 15.4. The number of hydrogen-bond acceptors (Lipinski definition) is 4. The number of sulfonamides is 1. The third-order valence-electron chi connectivity index (χ3n) is 3.55. The highest BCUT2D eigenvalue weighted by atomic mass is 32.2. The second-order valence-electron chi connectivity index (χ2n) is 5.91. The fourth-order valence-corrected chi connectivity index (χ4v) is 4.53. The first-order valence-corrected chi connectivity index (χ1v) is 10.1. The van der Waals surface area contributed by atoms with Crippen molar-refractivity contribution in [2.45, 2.75) is 24.1 Å². The van der Waals surface area contributed by atoms with Gasteiger partial charge in [0.25, 0.3) is 15.9 Å². The van der Waals surface area contributed by atoms with Gasteiger partial charge in [-0.1, -0.05) is 30.3 Å². The number of carbonyl (C=O) groups is 1. The minimum atomic E-state index is -3.73. The average Bonchev–Trinajstić information content (AvgIpc) is 3.08. The molecule has 1 heterocycles. The molecule has 0 radical (unpaired) electrons. The zero-order chi connectivity index (χ0) is 18.0. The van der Waals surface area contributed by atoms with E-state index < -0.39 is 10.0 Å². The van der Waals surface area contributed by atoms with Gasteiger partial charge in [0.15, 0.2) is 0 Å². The van der Waals surface area contributed by atoms with E-state index in [1.807, 2.05) is 38.1 Å². The molecule has 0 spiro atoms. The summed E-state index contributed by atoms with van der Waals surface area (Å²) >= 11 is 1.13. The Labute approximate surface area is 150 Å². The number of benzene rings is 2. The maximum absolute atomic E-state index is 12.6. The molecule has 3 aromatic rings. The van der Waals surface area contributed by atoms with E-state index in [1.54, 1.807) is 23.6 Å². The van der Waals surface area contributed by atoms with E-state index >= 15 is 0 Å². The van der Waals surface area contributed by atoms with Crippen LogP contribution in [0, 0.1) is 0 Å². The first-order chi connectivity index (χ1) is 11.9. The van der Waals surface area contributed by atoms with E-state index in [0.29, 0.717) is 5.56 Å². The Balaban J connectivity index is 2.10. The smallest absolute Gasteiger partial charge is 0.271 e. The quantitative estimate of drug-likeness (QED) is 0.712. The van der Waals surface area contributed by atoms with Crippen LogP contribution in [0.5, 0.6) is 0 Å². The van der Waals surface area contributed by atoms with Crippen molar-refractivity contribution in [2.24, 2.45) is 0 Å². The molecule has 5 nitrogen and oxygen atoms in total. The maximum atomic E-state index is 12.6. The Kier molecular flexibility index (Phi) is 4.78. The molecule has 3 rings (SSSR count). The van der Waals surface area contributed by atoms with Gasteiger partial charge in [-0.15, -0.1) is 11.3 Å². The molecule has 130 valence electrons. The summed E-state index contributed by atoms with van der Waals surface area (Å²) in [7, 11) is -3.73. The number of carbonyl (C=O) groups excluding carboxylic acids is 1. The summed E-state index contributed by atoms with van der Waals surface area (Å²) in [6.45, 7) is 3.71. The summed E-state index contributed by atoms with van der Waals surface area (Å²) in [5, 5.41) is 6.23. The van der Waals surface area contributed by atoms with E-state index in [-0.39, 0.29) is 21.8 Å². The molecule has 0 atom stereocenters. The molecule has 2 aromatic carbocycles. The molecule has 0 saturated carbocycles. The first-order valence-electron chi connectivity index (χ1n) is 7.77. The summed E-state index contributed by atoms with van der Waals surface area (Å²) in [6.07, 6.45) is 0. The highest BCUT2D eigenvalue weighted by Gasteiger charge is 2.20. The Bertz CT molecular complexity index is 1010. The van der Waals surface area contributed by atoms with Crippen molar-refractivity contribution in [2.75, 3.05) is 4.72 Å². The molecule has 0 aliphatic carbocycles. The topological polar surface area (TPSA) is 75.3 Å². The predicted octanol–water partition coefficient (Wildman–Crippen LogP) is 3.84. The van der Waals surface area contributed by atoms with E-state index in [2.05, 4.69) is 10.0 Å². The molecule has 0 aliphatic heterocycles. The van der Waals surface area contributed by atoms with Crippen molar-refractivity contribution < 1.29 is 13.2 Å². The molecule has 25 heavy (non-hydrogen) atoms. The lowest BCUT2D eigenvalue weighted by Gasteiger charge is -2.15. The van der Waals surface area contributed by atoms with Crippen LogP contribution in [0.2, 0.25) is 0 Å². The molecule has 0 unspecified atom stereocenters. The number of nitrogens with one attached hydrogen (secondary N) is 2. The number of fused-ring (bicyclic) bond motifs is 1. The van der Waals surface area contributed by atoms with E-state index in [0.717, 1.165) is 22.1 Å². The zero-order valence-electron chi connectivity index (χ0n) is 13.8. The number of rotatable bonds is 5. The summed E-state index contributed by atoms with van der Waals surface area (Å²) in [5.74, 6) is -0.315. The molecule has 7 heteroatoms. The third kappa shape index (κ3) is 3.83. The van der Waals surface area contributed by atoms with Crippen LogP contribution in [-0.2, 0) is 10.0 Å². The lowest BCUT2D eigenvalue weighted by atomic mass is 10.0. The SMILES string of the molecule is CC(C)NC(=O)c1cc2ccccc2cc1NS(=O)(=O)c1cccs1. The first kappa shape index (κ1) is 17.4. The molecule has 0 bridgehead atoms. The Morgan fingerprint density at radius 1 is 1.04 bits per heavy atom. The summed E-state index contributed by atoms with van der Waals surface area (Å²) in [4.78, 5) is 12.5. The summed E-state index contributed by atoms with van der Waals surface area (Å²) < 4.78 is 27.9. The molecule has 1 amide bonds. The minimum Gasteiger partial charge on any atom is -0.350 e. The van der Waals surface area contributed by atoms with E-state index in [4.69, 9.17) is 0 Å². The predicted molar refractivity (Wildman–Crippen MR) is 102 cm³/mol. The van der Waals surface area contributed by atoms with Crippen molar-refractivity contribution in [3.8, 4) is 0 Å². The highest BCUT2D eigenvalue weighted by molar-refractivity contribution is 7.94. The van der Waals surface area contributed by atoms with Crippen LogP contribution in [0.25, 0.3) is 10.8 Å². The normalized spacial score (nSPS) is 11.6. The van der Waals surface area contributed by atoms with Crippen LogP contribution in [-0.4, -0.2) is 20.4 Å². The van der Waals surface area contributed by atoms with Crippen LogP contribution >= 0.6 is 11.3 Å². The van der Waals surface area contributed by atoms with Crippen LogP contribution in [0.4, 0.5) is 5.69 Å². The van der Waals surface area contributed by atoms with Crippen molar-refractivity contribution in [1.82, 2.24) is 5.32 Å². The molecule has 0 saturated heterocycles. The lowest BCUT2D eigenvalue weighted by molar-refractivity contribution is 0.0944. The Morgan fingerprint density at radius 3 is 2.32 bits per heavy atom. The second kappa shape index (κ2) is 6.85. The Hall–Kier alpha value is -2.38. The van der Waals surface area contributed by atoms with Gasteiger partial charge in [-0.25, -0.2) is 8.42 Å². The van der Waals surface area contributed by atoms with E-state index in [9.17, 15) is 13.2 Å². The maximum Gasteiger partial charge on any atom is 0.271 e. The molecular weight excluding hydrogens is 356 g/mol. The molecule has 1 aromatic heterocycles. The highest BCUT2D eigenvalue weighted by Crippen LogP contribution is 2.27. The summed E-state index contributed by atoms with van der Waals surface area (Å²) in [6, 6.07) is 14.1. The van der Waals surface area contributed by atoms with Crippen LogP contribution in [0.15, 0.2) is 58.1 Å². The van der Waals surface area contributed by atoms with Gasteiger partial charge < -0.3 is 5.32 Å². The lowest BCUT2D eigenvalue weighted by Crippen LogP contribution is -2.31. The van der Waals surface area contributed by atoms with Crippen LogP contribution in [0.1, 0.15) is 24.2 Å². The average molecular weight is 374 g/mol. The third-order valence-corrected chi connectivity index (χ3v) is 6.32. The van der Waals surface area contributed by atoms with Crippen molar-refractivity contribution >= 4 is 43.7 Å². The minimum absolute atomic E-state index is 0.0549. The molecular formula is C18H18N2O3S2. The standard InChI is InChI=1S/C18H18N2O3S2/c1-12(2)19-18(21)15-10-13-6-3-4-7-14(13)11-16(15)20-25(22,23)17-8-5-9-24-17/h3-12,20H,1-2H3,(H,19,21). The van der Waals surface area contributed by atoms with Gasteiger partial charge in [0.2, 0.25) is 0 Å². The van der Waals surface area contributed by atoms with Crippen LogP contribution in [0.3, 0.4) is 0 Å². The van der Waals surface area contributed by atoms with Crippen molar-refractivity contribution in [1.29, 1.82) is 0 Å². The fraction of sp³-hybridized carbons (Fsp3) is 0.167. The number of amides is 1. The van der Waals surface area contributed by atoms with Gasteiger partial charge in [0.05, 0.1) is 11.3 Å². The van der Waals surface area contributed by atoms with Gasteiger partial charge >= 0.3 is 0 Å². The van der Waals surface area contributed by atoms with Gasteiger partial charge in [-0.05, 0) is 48.2 Å². The van der Waals surface area contributed by atoms with Gasteiger partial charge in [0, 0.05) is 6.04 Å². The molecule has 2 N–H and O–H groups in total. The Morgan fingerprint density at radius 2 is 1.72 bits per heavy atom. The second-order valence-corrected chi connectivity index (χ2v) is 8.77. The number of thiophene rings is 1. The van der Waals surface area contributed by atoms with Crippen molar-refractivity contribution in [3.63, 3.8) is 0 Å². The monoisotopic (exact) mass is 374 g/mol.